The topological polar surface area (TPSA) is 0 Å². The highest BCUT2D eigenvalue weighted by Crippen LogP contribution is 2.40. The van der Waals surface area contributed by atoms with Crippen LogP contribution in [0.1, 0.15) is 19.3 Å². The Hall–Kier alpha value is -1.13. The number of rotatable bonds is 0. The zero-order valence-corrected chi connectivity index (χ0v) is 8.32. The van der Waals surface area contributed by atoms with Gasteiger partial charge in [0.15, 0.2) is 5.57 Å². The molecular formula is C14H15+. The molecule has 0 N–H and O–H groups in total. The Morgan fingerprint density at radius 1 is 1.14 bits per heavy atom. The molecule has 0 aromatic heterocycles. The van der Waals surface area contributed by atoms with E-state index in [0.717, 1.165) is 18.3 Å². The average Bonchev–Trinajstić information content (AvgIpc) is 2.26. The first-order valence-electron chi connectivity index (χ1n) is 5.56. The van der Waals surface area contributed by atoms with Crippen molar-refractivity contribution in [3.8, 4) is 0 Å². The van der Waals surface area contributed by atoms with Gasteiger partial charge in [-0.3, -0.25) is 0 Å². The van der Waals surface area contributed by atoms with Gasteiger partial charge in [-0.2, -0.15) is 0 Å². The Labute approximate surface area is 85.7 Å². The highest BCUT2D eigenvalue weighted by molar-refractivity contribution is 5.25. The van der Waals surface area contributed by atoms with Crippen LogP contribution in [0.2, 0.25) is 0 Å². The summed E-state index contributed by atoms with van der Waals surface area (Å²) in [6, 6.07) is 0. The second kappa shape index (κ2) is 3.22. The van der Waals surface area contributed by atoms with Crippen molar-refractivity contribution in [2.24, 2.45) is 17.8 Å². The monoisotopic (exact) mass is 183 g/mol. The van der Waals surface area contributed by atoms with E-state index in [1.807, 2.05) is 0 Å². The smallest absolute Gasteiger partial charge is 0.0873 e. The maximum absolute atomic E-state index is 3.68. The Kier molecular flexibility index (Phi) is 1.89. The Balaban J connectivity index is 1.92. The lowest BCUT2D eigenvalue weighted by Gasteiger charge is -2.25. The second-order valence-corrected chi connectivity index (χ2v) is 4.47. The predicted molar refractivity (Wildman–Crippen MR) is 58.5 cm³/mol. The van der Waals surface area contributed by atoms with Crippen molar-refractivity contribution < 1.29 is 0 Å². The normalized spacial score (nSPS) is 38.3. The molecule has 0 heterocycles. The van der Waals surface area contributed by atoms with Gasteiger partial charge in [-0.15, -0.1) is 0 Å². The zero-order chi connectivity index (χ0) is 9.38. The van der Waals surface area contributed by atoms with Crippen LogP contribution in [0.3, 0.4) is 0 Å². The van der Waals surface area contributed by atoms with E-state index in [-0.39, 0.29) is 0 Å². The number of allylic oxidation sites excluding steroid dienone is 8. The molecule has 0 fully saturated rings. The van der Waals surface area contributed by atoms with Crippen LogP contribution in [0.15, 0.2) is 42.0 Å². The van der Waals surface area contributed by atoms with Crippen LogP contribution >= 0.6 is 0 Å². The van der Waals surface area contributed by atoms with Gasteiger partial charge in [0.25, 0.3) is 0 Å². The van der Waals surface area contributed by atoms with E-state index in [1.165, 1.54) is 12.8 Å². The minimum absolute atomic E-state index is 0.567. The minimum atomic E-state index is 0.567. The number of hydrogen-bond donors (Lipinski definition) is 0. The molecule has 3 rings (SSSR count). The van der Waals surface area contributed by atoms with Gasteiger partial charge in [-0.1, -0.05) is 30.4 Å². The fraction of sp³-hybridized carbons (Fsp3) is 0.429. The first kappa shape index (κ1) is 8.20. The van der Waals surface area contributed by atoms with Crippen molar-refractivity contribution >= 4 is 0 Å². The summed E-state index contributed by atoms with van der Waals surface area (Å²) in [6.07, 6.45) is 21.0. The van der Waals surface area contributed by atoms with Crippen LogP contribution in [0.5, 0.6) is 0 Å². The molecule has 0 radical (unpaired) electrons. The Morgan fingerprint density at radius 2 is 2.07 bits per heavy atom. The Morgan fingerprint density at radius 3 is 3.07 bits per heavy atom. The summed E-state index contributed by atoms with van der Waals surface area (Å²) in [7, 11) is 0. The van der Waals surface area contributed by atoms with Crippen molar-refractivity contribution in [2.45, 2.75) is 19.3 Å². The van der Waals surface area contributed by atoms with Gasteiger partial charge in [-0.25, -0.2) is 0 Å². The van der Waals surface area contributed by atoms with Crippen molar-refractivity contribution in [3.63, 3.8) is 0 Å². The molecule has 0 saturated heterocycles. The summed E-state index contributed by atoms with van der Waals surface area (Å²) in [6.45, 7) is 0. The molecule has 0 heteroatoms. The molecule has 3 atom stereocenters. The van der Waals surface area contributed by atoms with E-state index >= 15 is 0 Å². The molecule has 0 aromatic rings. The molecule has 3 aliphatic carbocycles. The molecule has 70 valence electrons. The van der Waals surface area contributed by atoms with Gasteiger partial charge in [0.1, 0.15) is 0 Å². The van der Waals surface area contributed by atoms with Crippen molar-refractivity contribution in [2.75, 3.05) is 0 Å². The van der Waals surface area contributed by atoms with Crippen LogP contribution in [-0.2, 0) is 0 Å². The third kappa shape index (κ3) is 1.27. The summed E-state index contributed by atoms with van der Waals surface area (Å²) in [5.74, 6) is 2.08. The molecule has 0 spiro atoms. The van der Waals surface area contributed by atoms with Gasteiger partial charge in [0.05, 0.1) is 0 Å². The third-order valence-electron chi connectivity index (χ3n) is 3.58. The first-order chi connectivity index (χ1) is 6.93. The van der Waals surface area contributed by atoms with Gasteiger partial charge < -0.3 is 0 Å². The van der Waals surface area contributed by atoms with E-state index < -0.39 is 0 Å². The van der Waals surface area contributed by atoms with E-state index in [4.69, 9.17) is 0 Å². The van der Waals surface area contributed by atoms with Gasteiger partial charge in [0, 0.05) is 18.3 Å². The molecule has 3 aliphatic rings. The quantitative estimate of drug-likeness (QED) is 0.398. The third-order valence-corrected chi connectivity index (χ3v) is 3.58. The highest BCUT2D eigenvalue weighted by Gasteiger charge is 2.39. The fourth-order valence-corrected chi connectivity index (χ4v) is 2.77. The van der Waals surface area contributed by atoms with Crippen LogP contribution in [0, 0.1) is 23.8 Å². The van der Waals surface area contributed by atoms with Crippen LogP contribution in [0.4, 0.5) is 0 Å². The molecule has 0 saturated carbocycles. The van der Waals surface area contributed by atoms with Crippen LogP contribution < -0.4 is 0 Å². The van der Waals surface area contributed by atoms with Crippen molar-refractivity contribution in [1.82, 2.24) is 0 Å². The maximum Gasteiger partial charge on any atom is 0.230 e. The highest BCUT2D eigenvalue weighted by atomic mass is 14.3. The van der Waals surface area contributed by atoms with Gasteiger partial charge in [0.2, 0.25) is 12.0 Å². The average molecular weight is 183 g/mol. The SMILES string of the molecule is [C+]1=C2CC=CCC2CC2C=CC=CC12. The first-order valence-corrected chi connectivity index (χ1v) is 5.56. The summed E-state index contributed by atoms with van der Waals surface area (Å²) in [5, 5.41) is 0. The van der Waals surface area contributed by atoms with Crippen LogP contribution in [0.25, 0.3) is 0 Å². The lowest BCUT2D eigenvalue weighted by atomic mass is 9.70. The standard InChI is InChI=1S/C14H15/c1-2-6-12-10-14-8-4-3-7-13(14)9-11(12)5-1/h1-6,11-13H,7-9H2/q+1. The summed E-state index contributed by atoms with van der Waals surface area (Å²) < 4.78 is 0. The maximum atomic E-state index is 3.68. The lowest BCUT2D eigenvalue weighted by molar-refractivity contribution is 0.373. The molecule has 0 bridgehead atoms. The van der Waals surface area contributed by atoms with E-state index in [9.17, 15) is 0 Å². The van der Waals surface area contributed by atoms with Crippen molar-refractivity contribution in [3.05, 3.63) is 48.1 Å². The Bertz CT molecular complexity index is 341. The molecule has 3 unspecified atom stereocenters. The molecule has 0 amide bonds. The number of hydrogen-bond acceptors (Lipinski definition) is 0. The van der Waals surface area contributed by atoms with E-state index in [0.29, 0.717) is 5.92 Å². The van der Waals surface area contributed by atoms with E-state index in [2.05, 4.69) is 42.5 Å². The summed E-state index contributed by atoms with van der Waals surface area (Å²) in [5.41, 5.74) is 1.56. The van der Waals surface area contributed by atoms with Crippen LogP contribution in [-0.4, -0.2) is 0 Å². The molecular weight excluding hydrogens is 168 g/mol. The molecule has 0 aliphatic heterocycles. The van der Waals surface area contributed by atoms with Gasteiger partial charge in [-0.05, 0) is 18.9 Å². The largest absolute Gasteiger partial charge is 0.230 e. The predicted octanol–water partition coefficient (Wildman–Crippen LogP) is 3.44. The zero-order valence-electron chi connectivity index (χ0n) is 8.32. The van der Waals surface area contributed by atoms with E-state index in [1.54, 1.807) is 5.57 Å². The minimum Gasteiger partial charge on any atom is -0.0873 e. The molecule has 0 aromatic carbocycles. The number of fused-ring (bicyclic) bond motifs is 2. The molecule has 14 heavy (non-hydrogen) atoms. The lowest BCUT2D eigenvalue weighted by Crippen LogP contribution is -2.24. The fourth-order valence-electron chi connectivity index (χ4n) is 2.77. The second-order valence-electron chi connectivity index (χ2n) is 4.47. The summed E-state index contributed by atoms with van der Waals surface area (Å²) in [4.78, 5) is 0. The summed E-state index contributed by atoms with van der Waals surface area (Å²) >= 11 is 0. The molecule has 0 nitrogen and oxygen atoms in total. The van der Waals surface area contributed by atoms with Gasteiger partial charge >= 0.3 is 0 Å². The van der Waals surface area contributed by atoms with Crippen molar-refractivity contribution in [1.29, 1.82) is 0 Å².